The van der Waals surface area contributed by atoms with Crippen LogP contribution in [0.5, 0.6) is 0 Å². The highest BCUT2D eigenvalue weighted by Gasteiger charge is 2.57. The molecule has 0 aliphatic carbocycles. The van der Waals surface area contributed by atoms with E-state index in [1.807, 2.05) is 0 Å². The Labute approximate surface area is 213 Å². The summed E-state index contributed by atoms with van der Waals surface area (Å²) in [5.41, 5.74) is -0.870. The van der Waals surface area contributed by atoms with Crippen molar-refractivity contribution < 1.29 is 38.3 Å². The zero-order chi connectivity index (χ0) is 26.9. The van der Waals surface area contributed by atoms with Crippen molar-refractivity contribution in [3.63, 3.8) is 0 Å². The SMILES string of the molecule is Cc1nc(/C(=N/OC2(C(=O)OC(C)(C)C)CN(C(=O)OC(C)(C)C)C2)C(=O)C[C@H]2CONC2=O)cs1. The fraction of sp³-hybridized carbons (Fsp3) is 0.652. The molecule has 198 valence electrons. The van der Waals surface area contributed by atoms with Crippen molar-refractivity contribution in [3.8, 4) is 0 Å². The van der Waals surface area contributed by atoms with Gasteiger partial charge in [0.1, 0.15) is 16.9 Å². The molecule has 0 spiro atoms. The van der Waals surface area contributed by atoms with Crippen LogP contribution >= 0.6 is 11.3 Å². The van der Waals surface area contributed by atoms with Crippen molar-refractivity contribution in [2.75, 3.05) is 19.7 Å². The lowest BCUT2D eigenvalue weighted by molar-refractivity contribution is -0.204. The van der Waals surface area contributed by atoms with Crippen LogP contribution in [0.15, 0.2) is 10.5 Å². The van der Waals surface area contributed by atoms with E-state index in [1.165, 1.54) is 16.2 Å². The minimum Gasteiger partial charge on any atom is -0.457 e. The van der Waals surface area contributed by atoms with Gasteiger partial charge in [0.05, 0.1) is 30.6 Å². The molecule has 1 atom stereocenters. The number of nitrogens with zero attached hydrogens (tertiary/aromatic N) is 3. The quantitative estimate of drug-likeness (QED) is 0.322. The number of hydrogen-bond acceptors (Lipinski definition) is 11. The number of amides is 2. The van der Waals surface area contributed by atoms with Crippen LogP contribution in [0.1, 0.15) is 58.7 Å². The number of Topliss-reactive ketones (excluding diaryl/α,β-unsaturated/α-hetero) is 1. The van der Waals surface area contributed by atoms with Gasteiger partial charge in [-0.15, -0.1) is 11.3 Å². The van der Waals surface area contributed by atoms with Gasteiger partial charge in [-0.25, -0.2) is 20.1 Å². The van der Waals surface area contributed by atoms with Crippen LogP contribution in [-0.2, 0) is 33.5 Å². The fourth-order valence-electron chi connectivity index (χ4n) is 3.31. The molecule has 36 heavy (non-hydrogen) atoms. The number of carbonyl (C=O) groups is 4. The standard InChI is InChI=1S/C23H32N4O8S/c1-13-24-15(10-36-13)17(16(28)8-14-9-32-26-18(14)29)25-35-23(19(30)33-21(2,3)4)11-27(12-23)20(31)34-22(5,6)7/h10,14H,8-9,11-12H2,1-7H3,(H,26,29)/b25-17-/t14-/m0/s1. The third-order valence-corrected chi connectivity index (χ3v) is 5.79. The number of esters is 1. The third-order valence-electron chi connectivity index (χ3n) is 5.01. The summed E-state index contributed by atoms with van der Waals surface area (Å²) in [6, 6.07) is 0. The number of oxime groups is 1. The van der Waals surface area contributed by atoms with Crippen molar-refractivity contribution in [2.24, 2.45) is 11.1 Å². The molecule has 2 fully saturated rings. The van der Waals surface area contributed by atoms with E-state index in [0.29, 0.717) is 5.01 Å². The minimum absolute atomic E-state index is 0.0432. The van der Waals surface area contributed by atoms with E-state index < -0.39 is 46.5 Å². The molecule has 1 aromatic rings. The Bertz CT molecular complexity index is 1060. The van der Waals surface area contributed by atoms with Gasteiger partial charge < -0.3 is 14.3 Å². The van der Waals surface area contributed by atoms with E-state index >= 15 is 0 Å². The molecule has 1 aromatic heterocycles. The number of hydroxylamine groups is 1. The van der Waals surface area contributed by atoms with Gasteiger partial charge in [0, 0.05) is 11.8 Å². The smallest absolute Gasteiger partial charge is 0.410 e. The van der Waals surface area contributed by atoms with Gasteiger partial charge in [0.15, 0.2) is 11.5 Å². The second-order valence-corrected chi connectivity index (χ2v) is 11.8. The maximum absolute atomic E-state index is 13.1. The van der Waals surface area contributed by atoms with Crippen LogP contribution in [-0.4, -0.2) is 75.8 Å². The van der Waals surface area contributed by atoms with E-state index in [0.717, 1.165) is 0 Å². The lowest BCUT2D eigenvalue weighted by Crippen LogP contribution is -2.69. The van der Waals surface area contributed by atoms with Gasteiger partial charge in [-0.2, -0.15) is 0 Å². The Morgan fingerprint density at radius 3 is 2.33 bits per heavy atom. The van der Waals surface area contributed by atoms with E-state index in [2.05, 4.69) is 15.6 Å². The molecular weight excluding hydrogens is 492 g/mol. The third kappa shape index (κ3) is 6.78. The van der Waals surface area contributed by atoms with Crippen LogP contribution in [0.2, 0.25) is 0 Å². The van der Waals surface area contributed by atoms with Crippen molar-refractivity contribution >= 4 is 40.8 Å². The molecule has 13 heteroatoms. The predicted octanol–water partition coefficient (Wildman–Crippen LogP) is 2.14. The summed E-state index contributed by atoms with van der Waals surface area (Å²) in [6.07, 6.45) is -0.804. The highest BCUT2D eigenvalue weighted by molar-refractivity contribution is 7.09. The van der Waals surface area contributed by atoms with Crippen molar-refractivity contribution in [1.29, 1.82) is 0 Å². The number of nitrogens with one attached hydrogen (secondary N) is 1. The maximum atomic E-state index is 13.1. The molecule has 3 rings (SSSR count). The second-order valence-electron chi connectivity index (χ2n) is 10.7. The number of ketones is 1. The largest absolute Gasteiger partial charge is 0.457 e. The molecule has 0 aromatic carbocycles. The Morgan fingerprint density at radius 2 is 1.83 bits per heavy atom. The molecule has 12 nitrogen and oxygen atoms in total. The monoisotopic (exact) mass is 524 g/mol. The summed E-state index contributed by atoms with van der Waals surface area (Å²) in [4.78, 5) is 66.8. The first kappa shape index (κ1) is 27.5. The average molecular weight is 525 g/mol. The van der Waals surface area contributed by atoms with Crippen LogP contribution in [0.25, 0.3) is 0 Å². The number of likely N-dealkylation sites (tertiary alicyclic amines) is 1. The number of carbonyl (C=O) groups excluding carboxylic acids is 4. The number of ether oxygens (including phenoxy) is 2. The number of aryl methyl sites for hydroxylation is 1. The molecule has 2 aliphatic heterocycles. The fourth-order valence-corrected chi connectivity index (χ4v) is 3.91. The second kappa shape index (κ2) is 10.1. The minimum atomic E-state index is -1.64. The molecule has 2 aliphatic rings. The van der Waals surface area contributed by atoms with Gasteiger partial charge in [-0.3, -0.25) is 19.3 Å². The summed E-state index contributed by atoms with van der Waals surface area (Å²) in [7, 11) is 0. The highest BCUT2D eigenvalue weighted by Crippen LogP contribution is 2.31. The topological polar surface area (TPSA) is 146 Å². The summed E-state index contributed by atoms with van der Waals surface area (Å²) >= 11 is 1.31. The van der Waals surface area contributed by atoms with Crippen LogP contribution in [0.3, 0.4) is 0 Å². The van der Waals surface area contributed by atoms with Crippen molar-refractivity contribution in [3.05, 3.63) is 16.1 Å². The van der Waals surface area contributed by atoms with Gasteiger partial charge in [0.2, 0.25) is 5.91 Å². The number of hydrogen-bond donors (Lipinski definition) is 1. The van der Waals surface area contributed by atoms with Gasteiger partial charge in [-0.05, 0) is 48.5 Å². The Kier molecular flexibility index (Phi) is 7.75. The normalized spacial score (nSPS) is 19.9. The predicted molar refractivity (Wildman–Crippen MR) is 128 cm³/mol. The van der Waals surface area contributed by atoms with Crippen LogP contribution in [0.4, 0.5) is 4.79 Å². The Morgan fingerprint density at radius 1 is 1.19 bits per heavy atom. The summed E-state index contributed by atoms with van der Waals surface area (Å²) in [5.74, 6) is -2.33. The first-order valence-corrected chi connectivity index (χ1v) is 12.3. The molecule has 2 amide bonds. The summed E-state index contributed by atoms with van der Waals surface area (Å²) < 4.78 is 10.9. The summed E-state index contributed by atoms with van der Waals surface area (Å²) in [5, 5.41) is 6.37. The van der Waals surface area contributed by atoms with Crippen LogP contribution < -0.4 is 5.48 Å². The molecule has 2 saturated heterocycles. The average Bonchev–Trinajstić information content (AvgIpc) is 3.29. The lowest BCUT2D eigenvalue weighted by atomic mass is 9.94. The Hall–Kier alpha value is -3.06. The molecule has 3 heterocycles. The lowest BCUT2D eigenvalue weighted by Gasteiger charge is -2.46. The number of aromatic nitrogens is 1. The van der Waals surface area contributed by atoms with E-state index in [4.69, 9.17) is 19.1 Å². The molecule has 0 bridgehead atoms. The van der Waals surface area contributed by atoms with Crippen LogP contribution in [0, 0.1) is 12.8 Å². The number of thiazole rings is 1. The molecule has 1 N–H and O–H groups in total. The Balaban J connectivity index is 1.86. The first-order valence-electron chi connectivity index (χ1n) is 11.4. The van der Waals surface area contributed by atoms with E-state index in [1.54, 1.807) is 53.8 Å². The van der Waals surface area contributed by atoms with Crippen molar-refractivity contribution in [1.82, 2.24) is 15.4 Å². The van der Waals surface area contributed by atoms with Crippen molar-refractivity contribution in [2.45, 2.75) is 71.7 Å². The first-order chi connectivity index (χ1) is 16.6. The molecule has 0 saturated carbocycles. The van der Waals surface area contributed by atoms with E-state index in [-0.39, 0.29) is 37.5 Å². The van der Waals surface area contributed by atoms with Gasteiger partial charge in [-0.1, -0.05) is 5.16 Å². The zero-order valence-corrected chi connectivity index (χ0v) is 22.3. The van der Waals surface area contributed by atoms with Gasteiger partial charge >= 0.3 is 12.1 Å². The molecule has 0 radical (unpaired) electrons. The van der Waals surface area contributed by atoms with E-state index in [9.17, 15) is 19.2 Å². The summed E-state index contributed by atoms with van der Waals surface area (Å²) in [6.45, 7) is 11.7. The molecule has 0 unspecified atom stereocenters. The van der Waals surface area contributed by atoms with Gasteiger partial charge in [0.25, 0.3) is 5.60 Å². The molecular formula is C23H32N4O8S. The maximum Gasteiger partial charge on any atom is 0.410 e. The number of rotatable bonds is 7. The highest BCUT2D eigenvalue weighted by atomic mass is 32.1. The zero-order valence-electron chi connectivity index (χ0n) is 21.5.